The molecular formula is C22H28N2O2. The van der Waals surface area contributed by atoms with Gasteiger partial charge in [-0.3, -0.25) is 4.79 Å². The molecule has 3 rings (SSSR count). The molecule has 4 nitrogen and oxygen atoms in total. The number of rotatable bonds is 6. The third kappa shape index (κ3) is 5.16. The van der Waals surface area contributed by atoms with Gasteiger partial charge in [0.2, 0.25) is 0 Å². The van der Waals surface area contributed by atoms with Crippen molar-refractivity contribution in [3.8, 4) is 0 Å². The van der Waals surface area contributed by atoms with Gasteiger partial charge in [0, 0.05) is 51.3 Å². The molecule has 26 heavy (non-hydrogen) atoms. The van der Waals surface area contributed by atoms with Gasteiger partial charge < -0.3 is 14.5 Å². The summed E-state index contributed by atoms with van der Waals surface area (Å²) in [5.74, 6) is 0.461. The molecule has 1 saturated heterocycles. The van der Waals surface area contributed by atoms with Crippen LogP contribution in [0.4, 0.5) is 0 Å². The number of carbonyl (C=O) groups is 1. The van der Waals surface area contributed by atoms with Gasteiger partial charge in [0.15, 0.2) is 0 Å². The summed E-state index contributed by atoms with van der Waals surface area (Å²) in [7, 11) is 1.74. The summed E-state index contributed by atoms with van der Waals surface area (Å²) in [4.78, 5) is 17.3. The van der Waals surface area contributed by atoms with Crippen LogP contribution in [-0.2, 0) is 11.2 Å². The van der Waals surface area contributed by atoms with Crippen molar-refractivity contribution in [3.63, 3.8) is 0 Å². The monoisotopic (exact) mass is 352 g/mol. The highest BCUT2D eigenvalue weighted by Gasteiger charge is 2.26. The standard InChI is InChI=1S/C22H28N2O2/c1-26-18-20-16-23(13-12-19-8-4-2-5-9-19)14-15-24(17-20)22(25)21-10-6-3-7-11-21/h2-11,20H,12-18H2,1H3/t20-/m1/s1. The molecule has 2 aromatic rings. The number of hydrogen-bond donors (Lipinski definition) is 0. The normalized spacial score (nSPS) is 18.5. The lowest BCUT2D eigenvalue weighted by molar-refractivity contribution is 0.0707. The molecule has 138 valence electrons. The van der Waals surface area contributed by atoms with Crippen LogP contribution in [0, 0.1) is 5.92 Å². The Morgan fingerprint density at radius 2 is 1.69 bits per heavy atom. The fraction of sp³-hybridized carbons (Fsp3) is 0.409. The lowest BCUT2D eigenvalue weighted by Crippen LogP contribution is -2.37. The van der Waals surface area contributed by atoms with Crippen LogP contribution in [0.25, 0.3) is 0 Å². The Kier molecular flexibility index (Phi) is 6.81. The van der Waals surface area contributed by atoms with Crippen molar-refractivity contribution < 1.29 is 9.53 Å². The first-order valence-corrected chi connectivity index (χ1v) is 9.36. The van der Waals surface area contributed by atoms with Crippen LogP contribution in [0.2, 0.25) is 0 Å². The maximum Gasteiger partial charge on any atom is 0.253 e. The van der Waals surface area contributed by atoms with Crippen molar-refractivity contribution in [1.29, 1.82) is 0 Å². The third-order valence-electron chi connectivity index (χ3n) is 4.95. The first kappa shape index (κ1) is 18.6. The number of ether oxygens (including phenoxy) is 1. The number of nitrogens with zero attached hydrogens (tertiary/aromatic N) is 2. The summed E-state index contributed by atoms with van der Waals surface area (Å²) in [5.41, 5.74) is 2.12. The van der Waals surface area contributed by atoms with Gasteiger partial charge in [-0.1, -0.05) is 48.5 Å². The predicted molar refractivity (Wildman–Crippen MR) is 104 cm³/mol. The lowest BCUT2D eigenvalue weighted by atomic mass is 10.1. The molecule has 0 bridgehead atoms. The van der Waals surface area contributed by atoms with E-state index in [0.29, 0.717) is 12.5 Å². The van der Waals surface area contributed by atoms with Crippen LogP contribution < -0.4 is 0 Å². The summed E-state index contributed by atoms with van der Waals surface area (Å²) < 4.78 is 5.42. The quantitative estimate of drug-likeness (QED) is 0.801. The highest BCUT2D eigenvalue weighted by atomic mass is 16.5. The van der Waals surface area contributed by atoms with Crippen LogP contribution in [0.1, 0.15) is 15.9 Å². The molecule has 0 radical (unpaired) electrons. The molecule has 1 amide bonds. The van der Waals surface area contributed by atoms with Crippen LogP contribution in [-0.4, -0.2) is 62.1 Å². The molecule has 1 heterocycles. The first-order valence-electron chi connectivity index (χ1n) is 9.36. The van der Waals surface area contributed by atoms with Gasteiger partial charge in [0.25, 0.3) is 5.91 Å². The van der Waals surface area contributed by atoms with Crippen LogP contribution in [0.5, 0.6) is 0 Å². The second-order valence-corrected chi connectivity index (χ2v) is 6.97. The molecule has 1 atom stereocenters. The van der Waals surface area contributed by atoms with Crippen molar-refractivity contribution in [2.45, 2.75) is 6.42 Å². The van der Waals surface area contributed by atoms with Crippen LogP contribution in [0.15, 0.2) is 60.7 Å². The van der Waals surface area contributed by atoms with E-state index in [0.717, 1.165) is 44.7 Å². The Morgan fingerprint density at radius 1 is 1.00 bits per heavy atom. The molecule has 0 saturated carbocycles. The second kappa shape index (κ2) is 9.51. The van der Waals surface area contributed by atoms with E-state index in [1.807, 2.05) is 35.2 Å². The van der Waals surface area contributed by atoms with E-state index in [-0.39, 0.29) is 5.91 Å². The molecule has 0 N–H and O–H groups in total. The fourth-order valence-corrected chi connectivity index (χ4v) is 3.60. The van der Waals surface area contributed by atoms with E-state index in [1.54, 1.807) is 7.11 Å². The Balaban J connectivity index is 1.63. The minimum atomic E-state index is 0.122. The summed E-state index contributed by atoms with van der Waals surface area (Å²) in [6.45, 7) is 5.09. The van der Waals surface area contributed by atoms with E-state index in [4.69, 9.17) is 4.74 Å². The van der Waals surface area contributed by atoms with E-state index < -0.39 is 0 Å². The van der Waals surface area contributed by atoms with Crippen molar-refractivity contribution in [2.75, 3.05) is 46.4 Å². The lowest BCUT2D eigenvalue weighted by Gasteiger charge is -2.24. The Hall–Kier alpha value is -2.17. The maximum atomic E-state index is 12.9. The molecule has 4 heteroatoms. The van der Waals surface area contributed by atoms with Gasteiger partial charge in [-0.05, 0) is 24.1 Å². The molecule has 1 fully saturated rings. The minimum Gasteiger partial charge on any atom is -0.384 e. The van der Waals surface area contributed by atoms with Crippen molar-refractivity contribution in [3.05, 3.63) is 71.8 Å². The first-order chi connectivity index (χ1) is 12.8. The molecule has 0 unspecified atom stereocenters. The summed E-state index contributed by atoms with van der Waals surface area (Å²) >= 11 is 0. The fourth-order valence-electron chi connectivity index (χ4n) is 3.60. The number of methoxy groups -OCH3 is 1. The van der Waals surface area contributed by atoms with E-state index >= 15 is 0 Å². The Labute approximate surface area is 156 Å². The number of amides is 1. The highest BCUT2D eigenvalue weighted by Crippen LogP contribution is 2.14. The molecule has 1 aliphatic heterocycles. The zero-order valence-corrected chi connectivity index (χ0v) is 15.5. The zero-order chi connectivity index (χ0) is 18.2. The number of hydrogen-bond acceptors (Lipinski definition) is 3. The van der Waals surface area contributed by atoms with E-state index in [9.17, 15) is 4.79 Å². The highest BCUT2D eigenvalue weighted by molar-refractivity contribution is 5.94. The Bertz CT molecular complexity index is 675. The molecule has 2 aromatic carbocycles. The predicted octanol–water partition coefficient (Wildman–Crippen LogP) is 2.95. The zero-order valence-electron chi connectivity index (χ0n) is 15.5. The molecule has 0 aliphatic carbocycles. The number of carbonyl (C=O) groups excluding carboxylic acids is 1. The average Bonchev–Trinajstić information content (AvgIpc) is 2.90. The van der Waals surface area contributed by atoms with Gasteiger partial charge >= 0.3 is 0 Å². The molecular weight excluding hydrogens is 324 g/mol. The smallest absolute Gasteiger partial charge is 0.253 e. The van der Waals surface area contributed by atoms with Crippen LogP contribution >= 0.6 is 0 Å². The SMILES string of the molecule is COC[C@@H]1CN(CCc2ccccc2)CCN(C(=O)c2ccccc2)C1. The average molecular weight is 352 g/mol. The molecule has 0 spiro atoms. The van der Waals surface area contributed by atoms with Crippen molar-refractivity contribution >= 4 is 5.91 Å². The van der Waals surface area contributed by atoms with E-state index in [1.165, 1.54) is 5.56 Å². The van der Waals surface area contributed by atoms with Gasteiger partial charge in [0.05, 0.1) is 6.61 Å². The largest absolute Gasteiger partial charge is 0.384 e. The van der Waals surface area contributed by atoms with E-state index in [2.05, 4.69) is 35.2 Å². The second-order valence-electron chi connectivity index (χ2n) is 6.97. The Morgan fingerprint density at radius 3 is 2.38 bits per heavy atom. The van der Waals surface area contributed by atoms with Crippen LogP contribution in [0.3, 0.4) is 0 Å². The molecule has 0 aromatic heterocycles. The van der Waals surface area contributed by atoms with Gasteiger partial charge in [-0.25, -0.2) is 0 Å². The molecule has 1 aliphatic rings. The minimum absolute atomic E-state index is 0.122. The summed E-state index contributed by atoms with van der Waals surface area (Å²) in [5, 5.41) is 0. The third-order valence-corrected chi connectivity index (χ3v) is 4.95. The summed E-state index contributed by atoms with van der Waals surface area (Å²) in [6.07, 6.45) is 1.03. The van der Waals surface area contributed by atoms with Gasteiger partial charge in [-0.15, -0.1) is 0 Å². The van der Waals surface area contributed by atoms with Crippen molar-refractivity contribution in [2.24, 2.45) is 5.92 Å². The maximum absolute atomic E-state index is 12.9. The summed E-state index contributed by atoms with van der Waals surface area (Å²) in [6, 6.07) is 20.2. The number of benzene rings is 2. The van der Waals surface area contributed by atoms with Crippen molar-refractivity contribution in [1.82, 2.24) is 9.80 Å². The van der Waals surface area contributed by atoms with Gasteiger partial charge in [-0.2, -0.15) is 0 Å². The van der Waals surface area contributed by atoms with Gasteiger partial charge in [0.1, 0.15) is 0 Å². The topological polar surface area (TPSA) is 32.8 Å².